The fourth-order valence-corrected chi connectivity index (χ4v) is 3.58. The van der Waals surface area contributed by atoms with Gasteiger partial charge in [-0.3, -0.25) is 4.79 Å². The predicted molar refractivity (Wildman–Crippen MR) is 77.5 cm³/mol. The Morgan fingerprint density at radius 3 is 3.20 bits per heavy atom. The molecule has 0 bridgehead atoms. The SMILES string of the molecule is N#Cc1c(NC(=O)CC2=CCCCC2)nc2n1CCS2. The summed E-state index contributed by atoms with van der Waals surface area (Å²) in [5.41, 5.74) is 1.67. The zero-order chi connectivity index (χ0) is 13.9. The maximum atomic E-state index is 12.1. The van der Waals surface area contributed by atoms with Gasteiger partial charge in [0.05, 0.1) is 0 Å². The molecule has 1 aliphatic heterocycles. The average molecular weight is 288 g/mol. The van der Waals surface area contributed by atoms with Crippen LogP contribution in [0.1, 0.15) is 37.8 Å². The molecule has 3 rings (SSSR count). The molecule has 0 atom stereocenters. The zero-order valence-corrected chi connectivity index (χ0v) is 12.0. The number of allylic oxidation sites excluding steroid dienone is 1. The van der Waals surface area contributed by atoms with E-state index in [1.54, 1.807) is 11.8 Å². The Labute approximate surface area is 122 Å². The molecule has 0 saturated heterocycles. The van der Waals surface area contributed by atoms with Crippen molar-refractivity contribution < 1.29 is 4.79 Å². The smallest absolute Gasteiger partial charge is 0.229 e. The first-order valence-electron chi connectivity index (χ1n) is 6.89. The number of carbonyl (C=O) groups excluding carboxylic acids is 1. The number of rotatable bonds is 3. The van der Waals surface area contributed by atoms with Crippen molar-refractivity contribution in [2.75, 3.05) is 11.1 Å². The Bertz CT molecular complexity index is 611. The third-order valence-corrected chi connectivity index (χ3v) is 4.57. The summed E-state index contributed by atoms with van der Waals surface area (Å²) in [7, 11) is 0. The number of aromatic nitrogens is 2. The minimum Gasteiger partial charge on any atom is -0.308 e. The van der Waals surface area contributed by atoms with Gasteiger partial charge in [0.1, 0.15) is 6.07 Å². The van der Waals surface area contributed by atoms with Gasteiger partial charge in [0.2, 0.25) is 5.91 Å². The minimum atomic E-state index is -0.0728. The second kappa shape index (κ2) is 5.71. The highest BCUT2D eigenvalue weighted by atomic mass is 32.2. The van der Waals surface area contributed by atoms with Crippen molar-refractivity contribution in [2.24, 2.45) is 0 Å². The molecular weight excluding hydrogens is 272 g/mol. The topological polar surface area (TPSA) is 70.7 Å². The van der Waals surface area contributed by atoms with E-state index in [9.17, 15) is 10.1 Å². The van der Waals surface area contributed by atoms with E-state index in [0.29, 0.717) is 17.9 Å². The number of anilines is 1. The average Bonchev–Trinajstić information content (AvgIpc) is 3.00. The first kappa shape index (κ1) is 13.3. The van der Waals surface area contributed by atoms with Crippen LogP contribution in [0.25, 0.3) is 0 Å². The number of fused-ring (bicyclic) bond motifs is 1. The number of hydrogen-bond donors (Lipinski definition) is 1. The number of nitrogens with zero attached hydrogens (tertiary/aromatic N) is 3. The summed E-state index contributed by atoms with van der Waals surface area (Å²) >= 11 is 1.62. The van der Waals surface area contributed by atoms with Gasteiger partial charge in [0.15, 0.2) is 16.7 Å². The number of nitrogens with one attached hydrogen (secondary N) is 1. The second-order valence-electron chi connectivity index (χ2n) is 5.04. The Morgan fingerprint density at radius 2 is 2.45 bits per heavy atom. The van der Waals surface area contributed by atoms with Gasteiger partial charge in [-0.2, -0.15) is 5.26 Å². The Hall–Kier alpha value is -1.74. The van der Waals surface area contributed by atoms with Crippen molar-refractivity contribution in [3.8, 4) is 6.07 Å². The van der Waals surface area contributed by atoms with E-state index in [4.69, 9.17) is 0 Å². The number of nitriles is 1. The van der Waals surface area contributed by atoms with Crippen molar-refractivity contribution in [1.29, 1.82) is 5.26 Å². The van der Waals surface area contributed by atoms with Crippen molar-refractivity contribution in [3.05, 3.63) is 17.3 Å². The zero-order valence-electron chi connectivity index (χ0n) is 11.2. The lowest BCUT2D eigenvalue weighted by Gasteiger charge is -2.12. The molecule has 2 aliphatic rings. The molecule has 0 unspecified atom stereocenters. The summed E-state index contributed by atoms with van der Waals surface area (Å²) < 4.78 is 1.88. The first-order valence-corrected chi connectivity index (χ1v) is 7.87. The summed E-state index contributed by atoms with van der Waals surface area (Å²) in [6, 6.07) is 2.14. The quantitative estimate of drug-likeness (QED) is 0.868. The molecule has 1 amide bonds. The van der Waals surface area contributed by atoms with Crippen LogP contribution >= 0.6 is 11.8 Å². The molecule has 0 radical (unpaired) electrons. The molecule has 5 nitrogen and oxygen atoms in total. The Kier molecular flexibility index (Phi) is 3.79. The van der Waals surface area contributed by atoms with Crippen LogP contribution in [0.5, 0.6) is 0 Å². The largest absolute Gasteiger partial charge is 0.308 e. The van der Waals surface area contributed by atoms with Crippen LogP contribution in [0.3, 0.4) is 0 Å². The standard InChI is InChI=1S/C14H16N4OS/c15-9-11-13(17-14-18(11)6-7-20-14)16-12(19)8-10-4-2-1-3-5-10/h4H,1-3,5-8H2,(H,16,19). The van der Waals surface area contributed by atoms with Crippen LogP contribution in [0.2, 0.25) is 0 Å². The molecule has 0 fully saturated rings. The van der Waals surface area contributed by atoms with Crippen LogP contribution in [-0.4, -0.2) is 21.2 Å². The fourth-order valence-electron chi connectivity index (χ4n) is 2.63. The highest BCUT2D eigenvalue weighted by Crippen LogP contribution is 2.30. The number of carbonyl (C=O) groups is 1. The van der Waals surface area contributed by atoms with Crippen molar-refractivity contribution >= 4 is 23.5 Å². The summed E-state index contributed by atoms with van der Waals surface area (Å²) in [6.07, 6.45) is 7.04. The van der Waals surface area contributed by atoms with E-state index in [1.807, 2.05) is 4.57 Å². The van der Waals surface area contributed by atoms with Gasteiger partial charge in [0, 0.05) is 18.7 Å². The van der Waals surface area contributed by atoms with Crippen molar-refractivity contribution in [2.45, 2.75) is 43.8 Å². The van der Waals surface area contributed by atoms with Gasteiger partial charge >= 0.3 is 0 Å². The highest BCUT2D eigenvalue weighted by molar-refractivity contribution is 7.99. The number of hydrogen-bond acceptors (Lipinski definition) is 4. The molecule has 1 aromatic rings. The molecule has 6 heteroatoms. The summed E-state index contributed by atoms with van der Waals surface area (Å²) in [6.45, 7) is 0.789. The molecule has 0 aromatic carbocycles. The highest BCUT2D eigenvalue weighted by Gasteiger charge is 2.23. The maximum Gasteiger partial charge on any atom is 0.229 e. The molecule has 1 N–H and O–H groups in total. The van der Waals surface area contributed by atoms with Gasteiger partial charge in [-0.15, -0.1) is 0 Å². The number of imidazole rings is 1. The summed E-state index contributed by atoms with van der Waals surface area (Å²) in [5, 5.41) is 12.8. The van der Waals surface area contributed by atoms with Gasteiger partial charge in [-0.05, 0) is 25.7 Å². The molecular formula is C14H16N4OS. The lowest BCUT2D eigenvalue weighted by Crippen LogP contribution is -2.14. The van der Waals surface area contributed by atoms with Gasteiger partial charge < -0.3 is 9.88 Å². The number of amides is 1. The molecule has 0 saturated carbocycles. The maximum absolute atomic E-state index is 12.1. The summed E-state index contributed by atoms with van der Waals surface area (Å²) in [5.74, 6) is 1.28. The monoisotopic (exact) mass is 288 g/mol. The van der Waals surface area contributed by atoms with E-state index >= 15 is 0 Å². The van der Waals surface area contributed by atoms with Crippen LogP contribution in [0, 0.1) is 11.3 Å². The second-order valence-corrected chi connectivity index (χ2v) is 6.10. The molecule has 1 aliphatic carbocycles. The normalized spacial score (nSPS) is 17.2. The lowest BCUT2D eigenvalue weighted by atomic mass is 9.97. The van der Waals surface area contributed by atoms with Gasteiger partial charge in [-0.25, -0.2) is 4.98 Å². The summed E-state index contributed by atoms with van der Waals surface area (Å²) in [4.78, 5) is 16.4. The third-order valence-electron chi connectivity index (χ3n) is 3.61. The van der Waals surface area contributed by atoms with Crippen LogP contribution < -0.4 is 5.32 Å². The molecule has 20 heavy (non-hydrogen) atoms. The lowest BCUT2D eigenvalue weighted by molar-refractivity contribution is -0.115. The van der Waals surface area contributed by atoms with E-state index in [1.165, 1.54) is 12.0 Å². The van der Waals surface area contributed by atoms with Crippen LogP contribution in [-0.2, 0) is 11.3 Å². The first-order chi connectivity index (χ1) is 9.78. The van der Waals surface area contributed by atoms with E-state index in [0.717, 1.165) is 36.7 Å². The van der Waals surface area contributed by atoms with E-state index in [-0.39, 0.29) is 5.91 Å². The van der Waals surface area contributed by atoms with Gasteiger partial charge in [-0.1, -0.05) is 23.4 Å². The van der Waals surface area contributed by atoms with E-state index in [2.05, 4.69) is 22.4 Å². The molecule has 0 spiro atoms. The molecule has 104 valence electrons. The fraction of sp³-hybridized carbons (Fsp3) is 0.500. The Balaban J connectivity index is 1.70. The van der Waals surface area contributed by atoms with Gasteiger partial charge in [0.25, 0.3) is 0 Å². The van der Waals surface area contributed by atoms with Crippen molar-refractivity contribution in [3.63, 3.8) is 0 Å². The van der Waals surface area contributed by atoms with Crippen LogP contribution in [0.4, 0.5) is 5.82 Å². The Morgan fingerprint density at radius 1 is 1.55 bits per heavy atom. The minimum absolute atomic E-state index is 0.0728. The van der Waals surface area contributed by atoms with Crippen LogP contribution in [0.15, 0.2) is 16.8 Å². The van der Waals surface area contributed by atoms with Crippen molar-refractivity contribution in [1.82, 2.24) is 9.55 Å². The number of thioether (sulfide) groups is 1. The molecule has 2 heterocycles. The molecule has 1 aromatic heterocycles. The third kappa shape index (κ3) is 2.59. The predicted octanol–water partition coefficient (Wildman–Crippen LogP) is 2.69. The van der Waals surface area contributed by atoms with E-state index < -0.39 is 0 Å².